The normalized spacial score (nSPS) is 13.4. The van der Waals surface area contributed by atoms with Crippen molar-refractivity contribution in [3.05, 3.63) is 23.8 Å². The topological polar surface area (TPSA) is 47.7 Å². The number of methoxy groups -OCH3 is 2. The van der Waals surface area contributed by atoms with Crippen molar-refractivity contribution in [3.8, 4) is 11.5 Å². The summed E-state index contributed by atoms with van der Waals surface area (Å²) in [5.74, 6) is 1.56. The molecule has 4 nitrogen and oxygen atoms in total. The highest BCUT2D eigenvalue weighted by molar-refractivity contribution is 5.48. The number of nitrogens with zero attached hydrogens (tertiary/aromatic N) is 1. The van der Waals surface area contributed by atoms with Crippen LogP contribution < -0.4 is 15.2 Å². The predicted octanol–water partition coefficient (Wildman–Crippen LogP) is 2.82. The smallest absolute Gasteiger partial charge is 0.127 e. The molecule has 1 aromatic carbocycles. The standard InChI is InChI=1S/C16H28N2O2/c1-7-16(8-2,18(3)4)15(17)14-12(19-5)10-9-11-13(14)20-6/h9-11,15H,7-8,17H2,1-6H3. The number of hydrogen-bond donors (Lipinski definition) is 1. The van der Waals surface area contributed by atoms with E-state index in [1.807, 2.05) is 18.2 Å². The van der Waals surface area contributed by atoms with Gasteiger partial charge in [-0.1, -0.05) is 19.9 Å². The van der Waals surface area contributed by atoms with Gasteiger partial charge in [0, 0.05) is 5.54 Å². The highest BCUT2D eigenvalue weighted by atomic mass is 16.5. The van der Waals surface area contributed by atoms with E-state index in [4.69, 9.17) is 15.2 Å². The van der Waals surface area contributed by atoms with Crippen LogP contribution in [0.1, 0.15) is 38.3 Å². The van der Waals surface area contributed by atoms with E-state index in [2.05, 4.69) is 32.8 Å². The van der Waals surface area contributed by atoms with Gasteiger partial charge < -0.3 is 20.1 Å². The van der Waals surface area contributed by atoms with Crippen molar-refractivity contribution in [2.24, 2.45) is 5.73 Å². The van der Waals surface area contributed by atoms with Crippen LogP contribution >= 0.6 is 0 Å². The lowest BCUT2D eigenvalue weighted by Crippen LogP contribution is -2.51. The Hall–Kier alpha value is -1.26. The van der Waals surface area contributed by atoms with Crippen LogP contribution in [0, 0.1) is 0 Å². The van der Waals surface area contributed by atoms with Gasteiger partial charge in [0.2, 0.25) is 0 Å². The molecule has 0 heterocycles. The first kappa shape index (κ1) is 16.8. The van der Waals surface area contributed by atoms with Gasteiger partial charge in [-0.15, -0.1) is 0 Å². The lowest BCUT2D eigenvalue weighted by molar-refractivity contribution is 0.103. The molecule has 0 aliphatic rings. The van der Waals surface area contributed by atoms with E-state index < -0.39 is 0 Å². The van der Waals surface area contributed by atoms with Gasteiger partial charge in [0.25, 0.3) is 0 Å². The van der Waals surface area contributed by atoms with E-state index in [1.54, 1.807) is 14.2 Å². The zero-order valence-corrected chi connectivity index (χ0v) is 13.6. The molecule has 114 valence electrons. The molecule has 20 heavy (non-hydrogen) atoms. The fraction of sp³-hybridized carbons (Fsp3) is 0.625. The minimum atomic E-state index is -0.182. The third-order valence-electron chi connectivity index (χ3n) is 4.47. The fourth-order valence-corrected chi connectivity index (χ4v) is 3.06. The summed E-state index contributed by atoms with van der Waals surface area (Å²) in [7, 11) is 7.49. The first-order valence-electron chi connectivity index (χ1n) is 7.12. The molecule has 0 radical (unpaired) electrons. The van der Waals surface area contributed by atoms with Crippen molar-refractivity contribution in [2.75, 3.05) is 28.3 Å². The van der Waals surface area contributed by atoms with Gasteiger partial charge >= 0.3 is 0 Å². The summed E-state index contributed by atoms with van der Waals surface area (Å²) in [4.78, 5) is 2.21. The highest BCUT2D eigenvalue weighted by Crippen LogP contribution is 2.42. The van der Waals surface area contributed by atoms with Crippen LogP contribution in [0.25, 0.3) is 0 Å². The number of nitrogens with two attached hydrogens (primary N) is 1. The zero-order valence-electron chi connectivity index (χ0n) is 13.6. The molecule has 0 saturated heterocycles. The van der Waals surface area contributed by atoms with Gasteiger partial charge in [-0.25, -0.2) is 0 Å². The van der Waals surface area contributed by atoms with E-state index in [0.717, 1.165) is 29.9 Å². The Kier molecular flexibility index (Phi) is 5.84. The molecule has 2 N–H and O–H groups in total. The maximum Gasteiger partial charge on any atom is 0.127 e. The second-order valence-electron chi connectivity index (χ2n) is 5.26. The summed E-state index contributed by atoms with van der Waals surface area (Å²) in [5, 5.41) is 0. The molecular formula is C16H28N2O2. The third-order valence-corrected chi connectivity index (χ3v) is 4.47. The molecule has 1 unspecified atom stereocenters. The lowest BCUT2D eigenvalue weighted by Gasteiger charge is -2.44. The molecule has 1 aromatic rings. The predicted molar refractivity (Wildman–Crippen MR) is 83.5 cm³/mol. The van der Waals surface area contributed by atoms with Crippen LogP contribution in [-0.4, -0.2) is 38.8 Å². The molecule has 0 fully saturated rings. The summed E-state index contributed by atoms with van der Waals surface area (Å²) in [6, 6.07) is 5.61. The summed E-state index contributed by atoms with van der Waals surface area (Å²) in [5.41, 5.74) is 7.46. The minimum absolute atomic E-state index is 0.123. The van der Waals surface area contributed by atoms with Gasteiger partial charge in [-0.3, -0.25) is 0 Å². The first-order chi connectivity index (χ1) is 9.48. The second kappa shape index (κ2) is 6.95. The average molecular weight is 280 g/mol. The Morgan fingerprint density at radius 2 is 1.55 bits per heavy atom. The lowest BCUT2D eigenvalue weighted by atomic mass is 9.79. The molecule has 0 aromatic heterocycles. The van der Waals surface area contributed by atoms with E-state index >= 15 is 0 Å². The number of hydrogen-bond acceptors (Lipinski definition) is 4. The third kappa shape index (κ3) is 2.76. The molecule has 0 aliphatic heterocycles. The molecular weight excluding hydrogens is 252 g/mol. The second-order valence-corrected chi connectivity index (χ2v) is 5.26. The Morgan fingerprint density at radius 1 is 1.10 bits per heavy atom. The molecule has 0 spiro atoms. The van der Waals surface area contributed by atoms with Crippen LogP contribution in [0.5, 0.6) is 11.5 Å². The van der Waals surface area contributed by atoms with E-state index in [0.29, 0.717) is 0 Å². The largest absolute Gasteiger partial charge is 0.496 e. The summed E-state index contributed by atoms with van der Waals surface area (Å²) < 4.78 is 11.0. The number of ether oxygens (including phenoxy) is 2. The van der Waals surface area contributed by atoms with Crippen molar-refractivity contribution in [2.45, 2.75) is 38.3 Å². The number of rotatable bonds is 7. The van der Waals surface area contributed by atoms with E-state index in [-0.39, 0.29) is 11.6 Å². The van der Waals surface area contributed by atoms with Crippen LogP contribution in [0.15, 0.2) is 18.2 Å². The van der Waals surface area contributed by atoms with Crippen molar-refractivity contribution in [1.82, 2.24) is 4.90 Å². The molecule has 1 rings (SSSR count). The molecule has 0 saturated carbocycles. The first-order valence-corrected chi connectivity index (χ1v) is 7.12. The SMILES string of the molecule is CCC(CC)(C(N)c1c(OC)cccc1OC)N(C)C. The zero-order chi connectivity index (χ0) is 15.3. The van der Waals surface area contributed by atoms with Gasteiger partial charge in [0.05, 0.1) is 25.8 Å². The van der Waals surface area contributed by atoms with Crippen LogP contribution in [0.2, 0.25) is 0 Å². The average Bonchev–Trinajstić information content (AvgIpc) is 2.47. The van der Waals surface area contributed by atoms with Crippen molar-refractivity contribution in [3.63, 3.8) is 0 Å². The van der Waals surface area contributed by atoms with Gasteiger partial charge in [0.15, 0.2) is 0 Å². The maximum absolute atomic E-state index is 6.65. The molecule has 1 atom stereocenters. The quantitative estimate of drug-likeness (QED) is 0.834. The Morgan fingerprint density at radius 3 is 1.85 bits per heavy atom. The fourth-order valence-electron chi connectivity index (χ4n) is 3.06. The minimum Gasteiger partial charge on any atom is -0.496 e. The van der Waals surface area contributed by atoms with E-state index in [1.165, 1.54) is 0 Å². The molecule has 4 heteroatoms. The van der Waals surface area contributed by atoms with Gasteiger partial charge in [-0.2, -0.15) is 0 Å². The Bertz CT molecular complexity index is 406. The Labute approximate surface area is 122 Å². The van der Waals surface area contributed by atoms with Gasteiger partial charge in [0.1, 0.15) is 11.5 Å². The van der Waals surface area contributed by atoms with Crippen LogP contribution in [0.3, 0.4) is 0 Å². The molecule has 0 aliphatic carbocycles. The van der Waals surface area contributed by atoms with Crippen LogP contribution in [-0.2, 0) is 0 Å². The summed E-state index contributed by atoms with van der Waals surface area (Å²) >= 11 is 0. The molecule has 0 bridgehead atoms. The van der Waals surface area contributed by atoms with Crippen molar-refractivity contribution in [1.29, 1.82) is 0 Å². The monoisotopic (exact) mass is 280 g/mol. The number of benzene rings is 1. The molecule has 0 amide bonds. The Balaban J connectivity index is 3.41. The van der Waals surface area contributed by atoms with Gasteiger partial charge in [-0.05, 0) is 39.1 Å². The van der Waals surface area contributed by atoms with Crippen molar-refractivity contribution < 1.29 is 9.47 Å². The maximum atomic E-state index is 6.65. The van der Waals surface area contributed by atoms with Crippen molar-refractivity contribution >= 4 is 0 Å². The van der Waals surface area contributed by atoms with Crippen LogP contribution in [0.4, 0.5) is 0 Å². The highest BCUT2D eigenvalue weighted by Gasteiger charge is 2.39. The van der Waals surface area contributed by atoms with E-state index in [9.17, 15) is 0 Å². The number of likely N-dealkylation sites (N-methyl/N-ethyl adjacent to an activating group) is 1. The summed E-state index contributed by atoms with van der Waals surface area (Å²) in [6.07, 6.45) is 1.91. The summed E-state index contributed by atoms with van der Waals surface area (Å²) in [6.45, 7) is 4.34.